The molecule has 1 atom stereocenters. The predicted molar refractivity (Wildman–Crippen MR) is 102 cm³/mol. The van der Waals surface area contributed by atoms with Gasteiger partial charge >= 0.3 is 0 Å². The second-order valence-corrected chi connectivity index (χ2v) is 6.34. The Morgan fingerprint density at radius 3 is 2.60 bits per heavy atom. The average molecular weight is 340 g/mol. The molecule has 2 aromatic rings. The lowest BCUT2D eigenvalue weighted by atomic mass is 10.1. The van der Waals surface area contributed by atoms with Gasteiger partial charge in [-0.25, -0.2) is 0 Å². The number of benzene rings is 2. The van der Waals surface area contributed by atoms with Gasteiger partial charge in [0, 0.05) is 6.42 Å². The van der Waals surface area contributed by atoms with Crippen molar-refractivity contribution in [1.29, 1.82) is 0 Å². The molecule has 0 saturated carbocycles. The van der Waals surface area contributed by atoms with Crippen molar-refractivity contribution < 1.29 is 9.53 Å². The van der Waals surface area contributed by atoms with Gasteiger partial charge < -0.3 is 15.4 Å². The lowest BCUT2D eigenvalue weighted by molar-refractivity contribution is -0.121. The fraction of sp³-hybridized carbons (Fsp3) is 0.381. The number of hydrogen-bond donors (Lipinski definition) is 2. The molecule has 2 aromatic carbocycles. The highest BCUT2D eigenvalue weighted by Crippen LogP contribution is 2.19. The van der Waals surface area contributed by atoms with Crippen LogP contribution in [0.15, 0.2) is 48.5 Å². The van der Waals surface area contributed by atoms with Gasteiger partial charge in [-0.3, -0.25) is 4.79 Å². The van der Waals surface area contributed by atoms with Crippen molar-refractivity contribution in [1.82, 2.24) is 10.6 Å². The molecule has 1 unspecified atom stereocenters. The average Bonchev–Trinajstić information content (AvgIpc) is 2.60. The fourth-order valence-electron chi connectivity index (χ4n) is 2.64. The van der Waals surface area contributed by atoms with E-state index in [-0.39, 0.29) is 11.9 Å². The zero-order valence-electron chi connectivity index (χ0n) is 15.3. The molecule has 1 amide bonds. The van der Waals surface area contributed by atoms with Gasteiger partial charge in [0.1, 0.15) is 12.4 Å². The molecule has 25 heavy (non-hydrogen) atoms. The standard InChI is InChI=1S/C21H28N2O2/c1-16-6-4-7-18(14-16)15-25-20-11-9-19(10-12-20)17(2)23-21(24)8-5-13-22-3/h4,6-7,9-12,14,17,22H,5,8,13,15H2,1-3H3,(H,23,24). The lowest BCUT2D eigenvalue weighted by Gasteiger charge is -2.15. The van der Waals surface area contributed by atoms with E-state index >= 15 is 0 Å². The Kier molecular flexibility index (Phi) is 7.48. The van der Waals surface area contributed by atoms with Crippen LogP contribution in [-0.2, 0) is 11.4 Å². The van der Waals surface area contributed by atoms with E-state index in [1.54, 1.807) is 0 Å². The van der Waals surface area contributed by atoms with Gasteiger partial charge in [-0.05, 0) is 57.1 Å². The minimum Gasteiger partial charge on any atom is -0.489 e. The molecule has 0 aliphatic heterocycles. The van der Waals surface area contributed by atoms with Crippen LogP contribution >= 0.6 is 0 Å². The summed E-state index contributed by atoms with van der Waals surface area (Å²) in [7, 11) is 1.89. The van der Waals surface area contributed by atoms with Crippen LogP contribution in [0, 0.1) is 6.92 Å². The van der Waals surface area contributed by atoms with E-state index in [2.05, 4.69) is 35.8 Å². The van der Waals surface area contributed by atoms with Gasteiger partial charge in [0.15, 0.2) is 0 Å². The van der Waals surface area contributed by atoms with E-state index in [1.165, 1.54) is 5.56 Å². The quantitative estimate of drug-likeness (QED) is 0.684. The minimum absolute atomic E-state index is 0.00657. The molecule has 0 radical (unpaired) electrons. The summed E-state index contributed by atoms with van der Waals surface area (Å²) >= 11 is 0. The van der Waals surface area contributed by atoms with E-state index in [0.717, 1.165) is 29.8 Å². The van der Waals surface area contributed by atoms with Crippen molar-refractivity contribution in [3.63, 3.8) is 0 Å². The molecule has 2 N–H and O–H groups in total. The normalized spacial score (nSPS) is 11.8. The summed E-state index contributed by atoms with van der Waals surface area (Å²) in [4.78, 5) is 11.9. The van der Waals surface area contributed by atoms with Gasteiger partial charge in [0.2, 0.25) is 5.91 Å². The maximum Gasteiger partial charge on any atom is 0.220 e. The zero-order valence-corrected chi connectivity index (χ0v) is 15.3. The molecular formula is C21H28N2O2. The van der Waals surface area contributed by atoms with Crippen molar-refractivity contribution in [2.24, 2.45) is 0 Å². The number of carbonyl (C=O) groups excluding carboxylic acids is 1. The Labute approximate surface area is 150 Å². The SMILES string of the molecule is CNCCCC(=O)NC(C)c1ccc(OCc2cccc(C)c2)cc1. The van der Waals surface area contributed by atoms with Crippen LogP contribution in [-0.4, -0.2) is 19.5 Å². The zero-order chi connectivity index (χ0) is 18.1. The number of aryl methyl sites for hydroxylation is 1. The molecule has 0 aromatic heterocycles. The molecule has 2 rings (SSSR count). The van der Waals surface area contributed by atoms with Gasteiger partial charge in [-0.2, -0.15) is 0 Å². The maximum atomic E-state index is 11.9. The number of nitrogens with one attached hydrogen (secondary N) is 2. The van der Waals surface area contributed by atoms with E-state index in [0.29, 0.717) is 13.0 Å². The summed E-state index contributed by atoms with van der Waals surface area (Å²) in [6.45, 7) is 5.48. The first-order valence-corrected chi connectivity index (χ1v) is 8.81. The Balaban J connectivity index is 1.83. The Bertz CT molecular complexity index is 668. The van der Waals surface area contributed by atoms with Gasteiger partial charge in [-0.15, -0.1) is 0 Å². The Morgan fingerprint density at radius 2 is 1.92 bits per heavy atom. The molecule has 4 nitrogen and oxygen atoms in total. The molecule has 0 aliphatic rings. The Hall–Kier alpha value is -2.33. The number of amides is 1. The van der Waals surface area contributed by atoms with Crippen LogP contribution in [0.25, 0.3) is 0 Å². The molecule has 0 bridgehead atoms. The lowest BCUT2D eigenvalue weighted by Crippen LogP contribution is -2.27. The summed E-state index contributed by atoms with van der Waals surface area (Å²) in [5, 5.41) is 6.08. The van der Waals surface area contributed by atoms with Gasteiger partial charge in [0.05, 0.1) is 6.04 Å². The van der Waals surface area contributed by atoms with Crippen molar-refractivity contribution in [2.75, 3.05) is 13.6 Å². The van der Waals surface area contributed by atoms with E-state index < -0.39 is 0 Å². The van der Waals surface area contributed by atoms with E-state index in [9.17, 15) is 4.79 Å². The number of ether oxygens (including phenoxy) is 1. The third-order valence-electron chi connectivity index (χ3n) is 4.08. The summed E-state index contributed by atoms with van der Waals surface area (Å²) in [6, 6.07) is 16.2. The molecular weight excluding hydrogens is 312 g/mol. The first kappa shape index (κ1) is 19.0. The van der Waals surface area contributed by atoms with Crippen LogP contribution in [0.2, 0.25) is 0 Å². The molecule has 4 heteroatoms. The molecule has 0 spiro atoms. The minimum atomic E-state index is -0.00657. The predicted octanol–water partition coefficient (Wildman–Crippen LogP) is 3.75. The summed E-state index contributed by atoms with van der Waals surface area (Å²) in [5.74, 6) is 0.917. The summed E-state index contributed by atoms with van der Waals surface area (Å²) in [5.41, 5.74) is 3.46. The first-order valence-electron chi connectivity index (χ1n) is 8.81. The van der Waals surface area contributed by atoms with Crippen LogP contribution in [0.3, 0.4) is 0 Å². The highest BCUT2D eigenvalue weighted by Gasteiger charge is 2.09. The summed E-state index contributed by atoms with van der Waals surface area (Å²) in [6.07, 6.45) is 1.39. The molecule has 0 saturated heterocycles. The van der Waals surface area contributed by atoms with E-state index in [1.807, 2.05) is 44.3 Å². The number of carbonyl (C=O) groups is 1. The highest BCUT2D eigenvalue weighted by atomic mass is 16.5. The smallest absolute Gasteiger partial charge is 0.220 e. The third-order valence-corrected chi connectivity index (χ3v) is 4.08. The van der Waals surface area contributed by atoms with Crippen LogP contribution in [0.1, 0.15) is 42.5 Å². The van der Waals surface area contributed by atoms with Gasteiger partial charge in [-0.1, -0.05) is 42.0 Å². The van der Waals surface area contributed by atoms with E-state index in [4.69, 9.17) is 4.74 Å². The molecule has 134 valence electrons. The first-order chi connectivity index (χ1) is 12.1. The van der Waals surface area contributed by atoms with Gasteiger partial charge in [0.25, 0.3) is 0 Å². The number of hydrogen-bond acceptors (Lipinski definition) is 3. The van der Waals surface area contributed by atoms with Crippen molar-refractivity contribution in [3.8, 4) is 5.75 Å². The maximum absolute atomic E-state index is 11.9. The van der Waals surface area contributed by atoms with Crippen molar-refractivity contribution >= 4 is 5.91 Å². The van der Waals surface area contributed by atoms with Crippen LogP contribution in [0.4, 0.5) is 0 Å². The topological polar surface area (TPSA) is 50.4 Å². The molecule has 0 fully saturated rings. The van der Waals surface area contributed by atoms with Crippen molar-refractivity contribution in [3.05, 3.63) is 65.2 Å². The molecule has 0 aliphatic carbocycles. The second kappa shape index (κ2) is 9.84. The number of rotatable bonds is 9. The monoisotopic (exact) mass is 340 g/mol. The summed E-state index contributed by atoms with van der Waals surface area (Å²) < 4.78 is 5.83. The highest BCUT2D eigenvalue weighted by molar-refractivity contribution is 5.76. The fourth-order valence-corrected chi connectivity index (χ4v) is 2.64. The van der Waals surface area contributed by atoms with Crippen LogP contribution < -0.4 is 15.4 Å². The molecule has 0 heterocycles. The van der Waals surface area contributed by atoms with Crippen LogP contribution in [0.5, 0.6) is 5.75 Å². The second-order valence-electron chi connectivity index (χ2n) is 6.34. The Morgan fingerprint density at radius 1 is 1.16 bits per heavy atom. The van der Waals surface area contributed by atoms with Crippen molar-refractivity contribution in [2.45, 2.75) is 39.3 Å². The third kappa shape index (κ3) is 6.59. The largest absolute Gasteiger partial charge is 0.489 e.